The molecule has 0 fully saturated rings. The Kier molecular flexibility index (Phi) is 6.15. The second kappa shape index (κ2) is 9.01. The number of rotatable bonds is 8. The zero-order valence-corrected chi connectivity index (χ0v) is 18.8. The Labute approximate surface area is 187 Å². The van der Waals surface area contributed by atoms with Crippen molar-refractivity contribution in [1.29, 1.82) is 0 Å². The van der Waals surface area contributed by atoms with Crippen LogP contribution in [0.3, 0.4) is 0 Å². The van der Waals surface area contributed by atoms with Crippen LogP contribution in [-0.4, -0.2) is 49.5 Å². The van der Waals surface area contributed by atoms with E-state index in [2.05, 4.69) is 11.5 Å². The quantitative estimate of drug-likeness (QED) is 0.500. The maximum Gasteiger partial charge on any atom is 0.290 e. The van der Waals surface area contributed by atoms with Crippen LogP contribution in [0.1, 0.15) is 39.7 Å². The van der Waals surface area contributed by atoms with E-state index >= 15 is 0 Å². The van der Waals surface area contributed by atoms with E-state index in [0.717, 1.165) is 24.1 Å². The van der Waals surface area contributed by atoms with Gasteiger partial charge in [-0.3, -0.25) is 9.59 Å². The standard InChI is InChI=1S/C26H28N2O4/c1-5-14-31-19-9-6-8-18(16-19)23-22-24(29)20-15-17(2)10-11-21(20)32-25(22)26(30)28(23)13-7-12-27(3)4/h5-6,8-11,15-16,23H,1,7,12-14H2,2-4H3. The van der Waals surface area contributed by atoms with Gasteiger partial charge in [0.15, 0.2) is 5.43 Å². The number of carbonyl (C=O) groups excluding carboxylic acids is 1. The van der Waals surface area contributed by atoms with Crippen molar-refractivity contribution in [3.05, 3.63) is 87.8 Å². The van der Waals surface area contributed by atoms with Gasteiger partial charge in [-0.05, 0) is 63.8 Å². The molecule has 1 amide bonds. The molecule has 2 aromatic carbocycles. The minimum Gasteiger partial charge on any atom is -0.490 e. The molecule has 0 spiro atoms. The molecule has 1 atom stereocenters. The Morgan fingerprint density at radius 3 is 2.75 bits per heavy atom. The third-order valence-corrected chi connectivity index (χ3v) is 5.67. The number of fused-ring (bicyclic) bond motifs is 2. The van der Waals surface area contributed by atoms with Gasteiger partial charge < -0.3 is 19.0 Å². The molecule has 1 aliphatic rings. The van der Waals surface area contributed by atoms with Gasteiger partial charge >= 0.3 is 0 Å². The number of ether oxygens (including phenoxy) is 1. The first-order chi connectivity index (χ1) is 15.4. The average Bonchev–Trinajstić information content (AvgIpc) is 3.05. The molecule has 0 saturated carbocycles. The van der Waals surface area contributed by atoms with Gasteiger partial charge in [0.2, 0.25) is 5.76 Å². The van der Waals surface area contributed by atoms with Crippen LogP contribution in [0.4, 0.5) is 0 Å². The molecule has 4 rings (SSSR count). The zero-order valence-electron chi connectivity index (χ0n) is 18.8. The second-order valence-electron chi connectivity index (χ2n) is 8.40. The van der Waals surface area contributed by atoms with Gasteiger partial charge in [0.25, 0.3) is 5.91 Å². The van der Waals surface area contributed by atoms with Crippen LogP contribution < -0.4 is 10.2 Å². The summed E-state index contributed by atoms with van der Waals surface area (Å²) < 4.78 is 11.7. The van der Waals surface area contributed by atoms with Crippen molar-refractivity contribution in [2.45, 2.75) is 19.4 Å². The summed E-state index contributed by atoms with van der Waals surface area (Å²) in [6, 6.07) is 12.5. The summed E-state index contributed by atoms with van der Waals surface area (Å²) in [4.78, 5) is 30.8. The van der Waals surface area contributed by atoms with Crippen LogP contribution in [0, 0.1) is 6.92 Å². The van der Waals surface area contributed by atoms with Crippen molar-refractivity contribution < 1.29 is 13.9 Å². The molecular weight excluding hydrogens is 404 g/mol. The number of benzene rings is 2. The number of amides is 1. The first-order valence-corrected chi connectivity index (χ1v) is 10.8. The fourth-order valence-electron chi connectivity index (χ4n) is 4.20. The molecule has 0 radical (unpaired) electrons. The first-order valence-electron chi connectivity index (χ1n) is 10.8. The van der Waals surface area contributed by atoms with E-state index in [1.54, 1.807) is 17.0 Å². The molecule has 1 unspecified atom stereocenters. The summed E-state index contributed by atoms with van der Waals surface area (Å²) in [5.41, 5.74) is 2.47. The third kappa shape index (κ3) is 4.06. The number of nitrogens with zero attached hydrogens (tertiary/aromatic N) is 2. The van der Waals surface area contributed by atoms with Crippen LogP contribution in [0.2, 0.25) is 0 Å². The van der Waals surface area contributed by atoms with Crippen molar-refractivity contribution in [3.63, 3.8) is 0 Å². The number of hydrogen-bond donors (Lipinski definition) is 0. The highest BCUT2D eigenvalue weighted by molar-refractivity contribution is 5.99. The molecule has 32 heavy (non-hydrogen) atoms. The molecule has 2 heterocycles. The molecule has 166 valence electrons. The van der Waals surface area contributed by atoms with E-state index in [-0.39, 0.29) is 17.1 Å². The maximum atomic E-state index is 13.6. The third-order valence-electron chi connectivity index (χ3n) is 5.67. The number of aryl methyl sites for hydroxylation is 1. The normalized spacial score (nSPS) is 15.4. The topological polar surface area (TPSA) is 63.0 Å². The fraction of sp³-hybridized carbons (Fsp3) is 0.308. The van der Waals surface area contributed by atoms with E-state index in [0.29, 0.717) is 35.4 Å². The predicted octanol–water partition coefficient (Wildman–Crippen LogP) is 4.16. The smallest absolute Gasteiger partial charge is 0.290 e. The summed E-state index contributed by atoms with van der Waals surface area (Å²) >= 11 is 0. The molecule has 0 saturated heterocycles. The molecule has 6 heteroatoms. The molecule has 0 aliphatic carbocycles. The minimum absolute atomic E-state index is 0.138. The Morgan fingerprint density at radius 1 is 1.19 bits per heavy atom. The van der Waals surface area contributed by atoms with Gasteiger partial charge in [-0.2, -0.15) is 0 Å². The van der Waals surface area contributed by atoms with Crippen molar-refractivity contribution in [1.82, 2.24) is 9.80 Å². The summed E-state index contributed by atoms with van der Waals surface area (Å²) in [7, 11) is 4.00. The predicted molar refractivity (Wildman–Crippen MR) is 125 cm³/mol. The van der Waals surface area contributed by atoms with Gasteiger partial charge in [-0.25, -0.2) is 0 Å². The molecule has 3 aromatic rings. The Morgan fingerprint density at radius 2 is 2.00 bits per heavy atom. The molecule has 0 N–H and O–H groups in total. The highest BCUT2D eigenvalue weighted by atomic mass is 16.5. The van der Waals surface area contributed by atoms with E-state index < -0.39 is 6.04 Å². The molecule has 1 aromatic heterocycles. The Balaban J connectivity index is 1.85. The van der Waals surface area contributed by atoms with Gasteiger partial charge in [0, 0.05) is 6.54 Å². The van der Waals surface area contributed by atoms with E-state index in [4.69, 9.17) is 9.15 Å². The van der Waals surface area contributed by atoms with Crippen LogP contribution in [0.25, 0.3) is 11.0 Å². The summed E-state index contributed by atoms with van der Waals surface area (Å²) in [6.07, 6.45) is 2.46. The van der Waals surface area contributed by atoms with Gasteiger partial charge in [-0.1, -0.05) is 36.4 Å². The summed E-state index contributed by atoms with van der Waals surface area (Å²) in [5.74, 6) is 0.553. The second-order valence-corrected chi connectivity index (χ2v) is 8.40. The highest BCUT2D eigenvalue weighted by Gasteiger charge is 2.42. The number of hydrogen-bond acceptors (Lipinski definition) is 5. The first kappa shape index (κ1) is 21.8. The SMILES string of the molecule is C=CCOc1cccc(C2c3c(oc4ccc(C)cc4c3=O)C(=O)N2CCCN(C)C)c1. The monoisotopic (exact) mass is 432 g/mol. The van der Waals surface area contributed by atoms with Crippen molar-refractivity contribution in [2.75, 3.05) is 33.8 Å². The lowest BCUT2D eigenvalue weighted by molar-refractivity contribution is 0.0722. The van der Waals surface area contributed by atoms with E-state index in [1.165, 1.54) is 0 Å². The minimum atomic E-state index is -0.520. The zero-order chi connectivity index (χ0) is 22.8. The lowest BCUT2D eigenvalue weighted by Crippen LogP contribution is -2.32. The maximum absolute atomic E-state index is 13.6. The van der Waals surface area contributed by atoms with Crippen molar-refractivity contribution in [3.8, 4) is 5.75 Å². The number of carbonyl (C=O) groups is 1. The van der Waals surface area contributed by atoms with Gasteiger partial charge in [0.1, 0.15) is 17.9 Å². The fourth-order valence-corrected chi connectivity index (χ4v) is 4.20. The molecule has 6 nitrogen and oxygen atoms in total. The van der Waals surface area contributed by atoms with Gasteiger partial charge in [-0.15, -0.1) is 0 Å². The lowest BCUT2D eigenvalue weighted by atomic mass is 9.98. The van der Waals surface area contributed by atoms with Crippen molar-refractivity contribution >= 4 is 16.9 Å². The van der Waals surface area contributed by atoms with Crippen LogP contribution in [-0.2, 0) is 0 Å². The van der Waals surface area contributed by atoms with Gasteiger partial charge in [0.05, 0.1) is 17.0 Å². The molecule has 0 bridgehead atoms. The average molecular weight is 433 g/mol. The summed E-state index contributed by atoms with van der Waals surface area (Å²) in [5, 5.41) is 0.496. The Hall–Kier alpha value is -3.38. The van der Waals surface area contributed by atoms with Crippen LogP contribution >= 0.6 is 0 Å². The highest BCUT2D eigenvalue weighted by Crippen LogP contribution is 2.39. The van der Waals surface area contributed by atoms with E-state index in [1.807, 2.05) is 57.4 Å². The lowest BCUT2D eigenvalue weighted by Gasteiger charge is -2.26. The summed E-state index contributed by atoms with van der Waals surface area (Å²) in [6.45, 7) is 7.34. The van der Waals surface area contributed by atoms with E-state index in [9.17, 15) is 9.59 Å². The molecular formula is C26H28N2O4. The van der Waals surface area contributed by atoms with Crippen molar-refractivity contribution in [2.24, 2.45) is 0 Å². The Bertz CT molecular complexity index is 1230. The molecule has 1 aliphatic heterocycles. The van der Waals surface area contributed by atoms with Crippen LogP contribution in [0.15, 0.2) is 64.3 Å². The van der Waals surface area contributed by atoms with Crippen LogP contribution in [0.5, 0.6) is 5.75 Å². The largest absolute Gasteiger partial charge is 0.490 e.